The number of aryl methyl sites for hydroxylation is 1. The first kappa shape index (κ1) is 15.3. The average Bonchev–Trinajstić information content (AvgIpc) is 2.84. The van der Waals surface area contributed by atoms with E-state index >= 15 is 0 Å². The largest absolute Gasteiger partial charge is 0.493 e. The van der Waals surface area contributed by atoms with Crippen molar-refractivity contribution < 1.29 is 9.53 Å². The summed E-state index contributed by atoms with van der Waals surface area (Å²) in [6.45, 7) is 2.72. The predicted octanol–water partition coefficient (Wildman–Crippen LogP) is 4.06. The molecule has 0 aliphatic rings. The molecule has 0 amide bonds. The maximum absolute atomic E-state index is 12.8. The molecule has 0 bridgehead atoms. The lowest BCUT2D eigenvalue weighted by molar-refractivity contribution is 0.102. The lowest BCUT2D eigenvalue weighted by Gasteiger charge is -2.09. The van der Waals surface area contributed by atoms with Gasteiger partial charge in [-0.15, -0.1) is 0 Å². The molecule has 0 saturated carbocycles. The highest BCUT2D eigenvalue weighted by atomic mass is 79.9. The Kier molecular flexibility index (Phi) is 4.99. The molecule has 1 aromatic heterocycles. The minimum atomic E-state index is -0.110. The van der Waals surface area contributed by atoms with Crippen LogP contribution in [0.1, 0.15) is 29.4 Å². The second kappa shape index (κ2) is 6.54. The Bertz CT molecular complexity index is 638. The lowest BCUT2D eigenvalue weighted by atomic mass is 10.1. The summed E-state index contributed by atoms with van der Waals surface area (Å²) in [5.74, 6) is 0.385. The maximum Gasteiger partial charge on any atom is 0.216 e. The smallest absolute Gasteiger partial charge is 0.216 e. The van der Waals surface area contributed by atoms with Crippen molar-refractivity contribution >= 4 is 37.6 Å². The maximum atomic E-state index is 12.8. The molecule has 0 spiro atoms. The third kappa shape index (κ3) is 2.96. The van der Waals surface area contributed by atoms with Crippen molar-refractivity contribution in [1.82, 2.24) is 9.78 Å². The van der Waals surface area contributed by atoms with Crippen LogP contribution < -0.4 is 4.74 Å². The van der Waals surface area contributed by atoms with Gasteiger partial charge in [0, 0.05) is 21.1 Å². The van der Waals surface area contributed by atoms with E-state index in [4.69, 9.17) is 4.74 Å². The molecule has 2 rings (SSSR count). The zero-order valence-electron chi connectivity index (χ0n) is 11.2. The van der Waals surface area contributed by atoms with Crippen LogP contribution in [0.2, 0.25) is 0 Å². The molecule has 0 N–H and O–H groups in total. The minimum Gasteiger partial charge on any atom is -0.493 e. The Morgan fingerprint density at radius 1 is 1.40 bits per heavy atom. The van der Waals surface area contributed by atoms with Gasteiger partial charge in [0.2, 0.25) is 5.78 Å². The van der Waals surface area contributed by atoms with Crippen molar-refractivity contribution in [3.05, 3.63) is 44.6 Å². The van der Waals surface area contributed by atoms with E-state index in [0.717, 1.165) is 15.4 Å². The molecule has 0 saturated heterocycles. The number of methoxy groups -OCH3 is 1. The van der Waals surface area contributed by atoms with Crippen LogP contribution in [0.3, 0.4) is 0 Å². The number of aromatic nitrogens is 2. The molecular formula is C14H14Br2N2O2. The van der Waals surface area contributed by atoms with E-state index in [1.807, 2.05) is 19.1 Å². The zero-order valence-corrected chi connectivity index (χ0v) is 14.4. The number of carbonyl (C=O) groups excluding carboxylic acids is 1. The van der Waals surface area contributed by atoms with Gasteiger partial charge in [0.15, 0.2) is 11.4 Å². The molecule has 106 valence electrons. The van der Waals surface area contributed by atoms with E-state index in [1.165, 1.54) is 0 Å². The van der Waals surface area contributed by atoms with Gasteiger partial charge >= 0.3 is 0 Å². The van der Waals surface area contributed by atoms with Crippen molar-refractivity contribution in [3.63, 3.8) is 0 Å². The van der Waals surface area contributed by atoms with Gasteiger partial charge in [-0.1, -0.05) is 38.8 Å². The summed E-state index contributed by atoms with van der Waals surface area (Å²) in [6.07, 6.45) is 2.47. The fourth-order valence-corrected chi connectivity index (χ4v) is 2.71. The fraction of sp³-hybridized carbons (Fsp3) is 0.286. The summed E-state index contributed by atoms with van der Waals surface area (Å²) in [5.41, 5.74) is 1.06. The Balaban J connectivity index is 2.52. The number of hydrogen-bond donors (Lipinski definition) is 0. The summed E-state index contributed by atoms with van der Waals surface area (Å²) in [7, 11) is 1.54. The summed E-state index contributed by atoms with van der Waals surface area (Å²) >= 11 is 6.80. The van der Waals surface area contributed by atoms with Gasteiger partial charge in [0.1, 0.15) is 0 Å². The molecule has 6 heteroatoms. The van der Waals surface area contributed by atoms with Gasteiger partial charge in [0.25, 0.3) is 0 Å². The molecule has 1 heterocycles. The molecule has 4 nitrogen and oxygen atoms in total. The summed E-state index contributed by atoms with van der Waals surface area (Å²) in [4.78, 5) is 12.8. The van der Waals surface area contributed by atoms with Gasteiger partial charge in [-0.25, -0.2) is 0 Å². The summed E-state index contributed by atoms with van der Waals surface area (Å²) < 4.78 is 8.54. The van der Waals surface area contributed by atoms with Crippen molar-refractivity contribution in [2.75, 3.05) is 7.11 Å². The predicted molar refractivity (Wildman–Crippen MR) is 84.3 cm³/mol. The lowest BCUT2D eigenvalue weighted by Crippen LogP contribution is -2.13. The van der Waals surface area contributed by atoms with E-state index in [9.17, 15) is 4.79 Å². The third-order valence-corrected chi connectivity index (χ3v) is 4.03. The number of nitrogens with zero attached hydrogens (tertiary/aromatic N) is 2. The number of carbonyl (C=O) groups is 1. The van der Waals surface area contributed by atoms with E-state index < -0.39 is 0 Å². The van der Waals surface area contributed by atoms with E-state index in [0.29, 0.717) is 23.6 Å². The minimum absolute atomic E-state index is 0.110. The number of ketones is 1. The SMILES string of the molecule is CCCn1ncc(OC)c1C(=O)c1cc(Br)ccc1Br. The number of halogens is 2. The first-order valence-electron chi connectivity index (χ1n) is 6.18. The molecule has 0 radical (unpaired) electrons. The van der Waals surface area contributed by atoms with Gasteiger partial charge in [-0.3, -0.25) is 9.48 Å². The van der Waals surface area contributed by atoms with Gasteiger partial charge < -0.3 is 4.74 Å². The van der Waals surface area contributed by atoms with Crippen molar-refractivity contribution in [2.24, 2.45) is 0 Å². The molecule has 0 fully saturated rings. The van der Waals surface area contributed by atoms with Crippen LogP contribution in [-0.2, 0) is 6.54 Å². The Labute approximate surface area is 134 Å². The van der Waals surface area contributed by atoms with Crippen LogP contribution in [0.5, 0.6) is 5.75 Å². The highest BCUT2D eigenvalue weighted by molar-refractivity contribution is 9.11. The van der Waals surface area contributed by atoms with Crippen LogP contribution in [0.25, 0.3) is 0 Å². The quantitative estimate of drug-likeness (QED) is 0.709. The third-order valence-electron chi connectivity index (χ3n) is 2.85. The zero-order chi connectivity index (χ0) is 14.7. The summed E-state index contributed by atoms with van der Waals surface area (Å²) in [5, 5.41) is 4.22. The van der Waals surface area contributed by atoms with Crippen LogP contribution in [0, 0.1) is 0 Å². The first-order chi connectivity index (χ1) is 9.58. The second-order valence-corrected chi connectivity index (χ2v) is 6.01. The van der Waals surface area contributed by atoms with Crippen LogP contribution in [0.4, 0.5) is 0 Å². The second-order valence-electron chi connectivity index (χ2n) is 4.24. The van der Waals surface area contributed by atoms with Gasteiger partial charge in [0.05, 0.1) is 13.3 Å². The van der Waals surface area contributed by atoms with Crippen molar-refractivity contribution in [1.29, 1.82) is 0 Å². The average molecular weight is 402 g/mol. The number of rotatable bonds is 5. The highest BCUT2D eigenvalue weighted by Gasteiger charge is 2.22. The van der Waals surface area contributed by atoms with Crippen molar-refractivity contribution in [3.8, 4) is 5.75 Å². The number of hydrogen-bond acceptors (Lipinski definition) is 3. The fourth-order valence-electron chi connectivity index (χ4n) is 1.93. The molecule has 2 aromatic rings. The number of ether oxygens (including phenoxy) is 1. The molecule has 0 aliphatic carbocycles. The monoisotopic (exact) mass is 400 g/mol. The van der Waals surface area contributed by atoms with E-state index in [-0.39, 0.29) is 5.78 Å². The summed E-state index contributed by atoms with van der Waals surface area (Å²) in [6, 6.07) is 5.50. The van der Waals surface area contributed by atoms with E-state index in [2.05, 4.69) is 37.0 Å². The van der Waals surface area contributed by atoms with Crippen molar-refractivity contribution in [2.45, 2.75) is 19.9 Å². The van der Waals surface area contributed by atoms with Gasteiger partial charge in [-0.2, -0.15) is 5.10 Å². The van der Waals surface area contributed by atoms with Crippen LogP contribution >= 0.6 is 31.9 Å². The van der Waals surface area contributed by atoms with E-state index in [1.54, 1.807) is 24.1 Å². The Hall–Kier alpha value is -1.14. The highest BCUT2D eigenvalue weighted by Crippen LogP contribution is 2.27. The first-order valence-corrected chi connectivity index (χ1v) is 7.76. The molecule has 0 aliphatic heterocycles. The molecular weight excluding hydrogens is 388 g/mol. The Morgan fingerprint density at radius 2 is 2.15 bits per heavy atom. The molecule has 0 atom stereocenters. The van der Waals surface area contributed by atoms with Crippen LogP contribution in [0.15, 0.2) is 33.3 Å². The normalized spacial score (nSPS) is 10.6. The molecule has 20 heavy (non-hydrogen) atoms. The topological polar surface area (TPSA) is 44.1 Å². The van der Waals surface area contributed by atoms with Gasteiger partial charge in [-0.05, 0) is 24.6 Å². The molecule has 1 aromatic carbocycles. The molecule has 0 unspecified atom stereocenters. The standard InChI is InChI=1S/C14H14Br2N2O2/c1-3-6-18-13(12(20-2)8-17-18)14(19)10-7-9(15)4-5-11(10)16/h4-5,7-8H,3,6H2,1-2H3. The number of benzene rings is 1. The Morgan fingerprint density at radius 3 is 2.80 bits per heavy atom. The van der Waals surface area contributed by atoms with Crippen LogP contribution in [-0.4, -0.2) is 22.7 Å².